The van der Waals surface area contributed by atoms with Crippen molar-refractivity contribution in [2.24, 2.45) is 5.41 Å². The smallest absolute Gasteiger partial charge is 0.313 e. The fraction of sp³-hybridized carbons (Fsp3) is 0.421. The van der Waals surface area contributed by atoms with Gasteiger partial charge in [0.2, 0.25) is 0 Å². The fourth-order valence-corrected chi connectivity index (χ4v) is 3.49. The number of nitro benzene ring substituents is 1. The van der Waals surface area contributed by atoms with Crippen LogP contribution in [0.5, 0.6) is 0 Å². The van der Waals surface area contributed by atoms with Crippen LogP contribution in [0.4, 0.5) is 5.69 Å². The number of non-ortho nitro benzene ring substituents is 1. The highest BCUT2D eigenvalue weighted by molar-refractivity contribution is 5.99. The Morgan fingerprint density at radius 3 is 2.81 bits per heavy atom. The molecule has 1 unspecified atom stereocenters. The molecule has 0 N–H and O–H groups in total. The number of ketones is 1. The number of carbonyl (C=O) groups excluding carboxylic acids is 2. The minimum absolute atomic E-state index is 0.0683. The van der Waals surface area contributed by atoms with Crippen LogP contribution in [0.2, 0.25) is 0 Å². The Hall–Kier alpha value is -3.03. The van der Waals surface area contributed by atoms with E-state index in [0.717, 1.165) is 0 Å². The topological polar surface area (TPSA) is 113 Å². The molecular formula is C19H20N2O6. The number of aromatic nitrogens is 1. The van der Waals surface area contributed by atoms with Crippen LogP contribution in [0.3, 0.4) is 0 Å². The van der Waals surface area contributed by atoms with Crippen LogP contribution < -0.4 is 0 Å². The first-order valence-electron chi connectivity index (χ1n) is 8.54. The van der Waals surface area contributed by atoms with E-state index in [1.165, 1.54) is 25.3 Å². The van der Waals surface area contributed by atoms with Crippen LogP contribution in [-0.2, 0) is 22.4 Å². The molecule has 0 bridgehead atoms. The van der Waals surface area contributed by atoms with Crippen molar-refractivity contribution in [3.8, 4) is 0 Å². The van der Waals surface area contributed by atoms with Crippen LogP contribution in [0, 0.1) is 15.5 Å². The average Bonchev–Trinajstić information content (AvgIpc) is 3.00. The van der Waals surface area contributed by atoms with E-state index in [1.807, 2.05) is 13.8 Å². The highest BCUT2D eigenvalue weighted by Gasteiger charge is 2.37. The normalized spacial score (nSPS) is 16.5. The predicted molar refractivity (Wildman–Crippen MR) is 94.5 cm³/mol. The lowest BCUT2D eigenvalue weighted by atomic mass is 9.75. The minimum Gasteiger partial charge on any atom is -0.469 e. The second-order valence-electron chi connectivity index (χ2n) is 7.50. The molecule has 1 aliphatic rings. The summed E-state index contributed by atoms with van der Waals surface area (Å²) in [6.45, 7) is 3.97. The van der Waals surface area contributed by atoms with E-state index in [9.17, 15) is 19.7 Å². The molecule has 0 aliphatic heterocycles. The van der Waals surface area contributed by atoms with E-state index < -0.39 is 16.8 Å². The van der Waals surface area contributed by atoms with Crippen molar-refractivity contribution in [3.63, 3.8) is 0 Å². The molecule has 2 aromatic rings. The molecule has 0 spiro atoms. The third-order valence-electron chi connectivity index (χ3n) is 4.76. The van der Waals surface area contributed by atoms with Gasteiger partial charge in [-0.05, 0) is 11.0 Å². The Bertz CT molecular complexity index is 915. The van der Waals surface area contributed by atoms with E-state index >= 15 is 0 Å². The van der Waals surface area contributed by atoms with Gasteiger partial charge in [0.05, 0.1) is 29.2 Å². The number of carbonyl (C=O) groups is 2. The average molecular weight is 372 g/mol. The molecule has 1 aromatic heterocycles. The molecule has 142 valence electrons. The summed E-state index contributed by atoms with van der Waals surface area (Å²) < 4.78 is 10.2. The van der Waals surface area contributed by atoms with Crippen molar-refractivity contribution in [3.05, 3.63) is 57.0 Å². The predicted octanol–water partition coefficient (Wildman–Crippen LogP) is 3.24. The number of benzene rings is 1. The van der Waals surface area contributed by atoms with Gasteiger partial charge < -0.3 is 9.26 Å². The van der Waals surface area contributed by atoms with Crippen molar-refractivity contribution in [1.82, 2.24) is 5.16 Å². The largest absolute Gasteiger partial charge is 0.469 e. The summed E-state index contributed by atoms with van der Waals surface area (Å²) >= 11 is 0. The SMILES string of the molecule is COC(=O)C(Cc1noc2c1C(=O)CC(C)(C)C2)c1cccc([N+](=O)[O-])c1. The monoisotopic (exact) mass is 372 g/mol. The van der Waals surface area contributed by atoms with E-state index in [0.29, 0.717) is 35.4 Å². The van der Waals surface area contributed by atoms with Crippen LogP contribution in [-0.4, -0.2) is 28.9 Å². The van der Waals surface area contributed by atoms with Gasteiger partial charge >= 0.3 is 5.97 Å². The highest BCUT2D eigenvalue weighted by Crippen LogP contribution is 2.37. The van der Waals surface area contributed by atoms with Gasteiger partial charge in [-0.25, -0.2) is 0 Å². The van der Waals surface area contributed by atoms with E-state index in [1.54, 1.807) is 6.07 Å². The molecule has 1 heterocycles. The molecule has 0 amide bonds. The fourth-order valence-electron chi connectivity index (χ4n) is 3.49. The Kier molecular flexibility index (Phi) is 4.82. The lowest BCUT2D eigenvalue weighted by molar-refractivity contribution is -0.384. The number of hydrogen-bond donors (Lipinski definition) is 0. The number of nitrogens with zero attached hydrogens (tertiary/aromatic N) is 2. The molecule has 1 aromatic carbocycles. The molecular weight excluding hydrogens is 352 g/mol. The van der Waals surface area contributed by atoms with E-state index in [-0.39, 0.29) is 23.3 Å². The molecule has 8 nitrogen and oxygen atoms in total. The van der Waals surface area contributed by atoms with Crippen molar-refractivity contribution in [1.29, 1.82) is 0 Å². The first-order valence-corrected chi connectivity index (χ1v) is 8.54. The van der Waals surface area contributed by atoms with Crippen LogP contribution >= 0.6 is 0 Å². The van der Waals surface area contributed by atoms with Gasteiger partial charge in [0.1, 0.15) is 5.76 Å². The summed E-state index contributed by atoms with van der Waals surface area (Å²) in [5.74, 6) is -0.934. The van der Waals surface area contributed by atoms with E-state index in [4.69, 9.17) is 9.26 Å². The third kappa shape index (κ3) is 3.74. The maximum Gasteiger partial charge on any atom is 0.313 e. The summed E-state index contributed by atoms with van der Waals surface area (Å²) in [5.41, 5.74) is 0.904. The van der Waals surface area contributed by atoms with Gasteiger partial charge in [0, 0.05) is 31.4 Å². The first-order chi connectivity index (χ1) is 12.7. The molecule has 8 heteroatoms. The zero-order valence-electron chi connectivity index (χ0n) is 15.4. The maximum atomic E-state index is 12.6. The summed E-state index contributed by atoms with van der Waals surface area (Å²) in [7, 11) is 1.25. The maximum absolute atomic E-state index is 12.6. The van der Waals surface area contributed by atoms with E-state index in [2.05, 4.69) is 5.16 Å². The van der Waals surface area contributed by atoms with Crippen molar-refractivity contribution >= 4 is 17.4 Å². The summed E-state index contributed by atoms with van der Waals surface area (Å²) in [6.07, 6.45) is 1.02. The standard InChI is InChI=1S/C19H20N2O6/c1-19(2)9-15(22)17-14(20-27-16(17)10-19)8-13(18(23)26-3)11-5-4-6-12(7-11)21(24)25/h4-7,13H,8-10H2,1-3H3. The number of ether oxygens (including phenoxy) is 1. The van der Waals surface area contributed by atoms with Crippen molar-refractivity contribution in [2.75, 3.05) is 7.11 Å². The van der Waals surface area contributed by atoms with Gasteiger partial charge in [-0.1, -0.05) is 31.1 Å². The second kappa shape index (κ2) is 6.94. The number of Topliss-reactive ketones (excluding diaryl/α,β-unsaturated/α-hetero) is 1. The minimum atomic E-state index is -0.827. The molecule has 0 saturated carbocycles. The summed E-state index contributed by atoms with van der Waals surface area (Å²) in [5, 5.41) is 15.1. The zero-order valence-corrected chi connectivity index (χ0v) is 15.4. The molecule has 0 saturated heterocycles. The first kappa shape index (κ1) is 18.8. The summed E-state index contributed by atoms with van der Waals surface area (Å²) in [6, 6.07) is 5.81. The Labute approximate surface area is 155 Å². The molecule has 1 atom stereocenters. The Morgan fingerprint density at radius 1 is 1.41 bits per heavy atom. The number of hydrogen-bond acceptors (Lipinski definition) is 7. The van der Waals surface area contributed by atoms with Gasteiger partial charge in [-0.15, -0.1) is 0 Å². The van der Waals surface area contributed by atoms with Crippen molar-refractivity contribution in [2.45, 2.75) is 39.0 Å². The van der Waals surface area contributed by atoms with Gasteiger partial charge in [-0.2, -0.15) is 0 Å². The highest BCUT2D eigenvalue weighted by atomic mass is 16.6. The zero-order chi connectivity index (χ0) is 19.8. The molecule has 3 rings (SSSR count). The molecule has 1 aliphatic carbocycles. The van der Waals surface area contributed by atoms with Crippen LogP contribution in [0.15, 0.2) is 28.8 Å². The Balaban J connectivity index is 1.97. The third-order valence-corrected chi connectivity index (χ3v) is 4.76. The van der Waals surface area contributed by atoms with Crippen LogP contribution in [0.1, 0.15) is 53.6 Å². The number of rotatable bonds is 5. The summed E-state index contributed by atoms with van der Waals surface area (Å²) in [4.78, 5) is 35.4. The number of fused-ring (bicyclic) bond motifs is 1. The number of esters is 1. The lowest BCUT2D eigenvalue weighted by Gasteiger charge is -2.26. The molecule has 0 fully saturated rings. The number of nitro groups is 1. The van der Waals surface area contributed by atoms with Crippen molar-refractivity contribution < 1.29 is 23.8 Å². The van der Waals surface area contributed by atoms with Gasteiger partial charge in [0.25, 0.3) is 5.69 Å². The van der Waals surface area contributed by atoms with Crippen LogP contribution in [0.25, 0.3) is 0 Å². The van der Waals surface area contributed by atoms with Gasteiger partial charge in [-0.3, -0.25) is 19.7 Å². The lowest BCUT2D eigenvalue weighted by Crippen LogP contribution is -2.27. The molecule has 0 radical (unpaired) electrons. The van der Waals surface area contributed by atoms with Gasteiger partial charge in [0.15, 0.2) is 5.78 Å². The molecule has 27 heavy (non-hydrogen) atoms. The second-order valence-corrected chi connectivity index (χ2v) is 7.50. The quantitative estimate of drug-likeness (QED) is 0.450. The Morgan fingerprint density at radius 2 is 2.15 bits per heavy atom. The number of methoxy groups -OCH3 is 1.